The molecular formula is C19H22N2O4. The van der Waals surface area contributed by atoms with Gasteiger partial charge >= 0.3 is 12.0 Å². The summed E-state index contributed by atoms with van der Waals surface area (Å²) < 4.78 is 5.53. The number of carboxylic acid groups (broad SMARTS) is 1. The normalized spacial score (nSPS) is 10.1. The van der Waals surface area contributed by atoms with E-state index in [2.05, 4.69) is 10.6 Å². The number of carbonyl (C=O) groups excluding carboxylic acids is 1. The Kier molecular flexibility index (Phi) is 6.83. The summed E-state index contributed by atoms with van der Waals surface area (Å²) in [6.45, 7) is 3.05. The van der Waals surface area contributed by atoms with Crippen molar-refractivity contribution in [1.29, 1.82) is 0 Å². The Morgan fingerprint density at radius 1 is 1.00 bits per heavy atom. The van der Waals surface area contributed by atoms with E-state index in [-0.39, 0.29) is 11.6 Å². The lowest BCUT2D eigenvalue weighted by Gasteiger charge is -2.09. The Morgan fingerprint density at radius 3 is 2.32 bits per heavy atom. The van der Waals surface area contributed by atoms with Crippen molar-refractivity contribution in [3.8, 4) is 5.75 Å². The van der Waals surface area contributed by atoms with Crippen molar-refractivity contribution in [1.82, 2.24) is 5.32 Å². The zero-order chi connectivity index (χ0) is 18.1. The van der Waals surface area contributed by atoms with Crippen LogP contribution < -0.4 is 15.4 Å². The number of anilines is 1. The average Bonchev–Trinajstić information content (AvgIpc) is 2.60. The molecule has 0 saturated carbocycles. The van der Waals surface area contributed by atoms with Gasteiger partial charge in [0.25, 0.3) is 0 Å². The van der Waals surface area contributed by atoms with Crippen LogP contribution in [0.1, 0.15) is 28.8 Å². The highest BCUT2D eigenvalue weighted by molar-refractivity contribution is 5.89. The fourth-order valence-electron chi connectivity index (χ4n) is 2.12. The number of nitrogens with one attached hydrogen (secondary N) is 2. The van der Waals surface area contributed by atoms with Gasteiger partial charge in [-0.3, -0.25) is 0 Å². The highest BCUT2D eigenvalue weighted by Crippen LogP contribution is 2.12. The smallest absolute Gasteiger partial charge is 0.335 e. The molecule has 0 aliphatic heterocycles. The van der Waals surface area contributed by atoms with Crippen LogP contribution in [0, 0.1) is 6.92 Å². The van der Waals surface area contributed by atoms with Gasteiger partial charge < -0.3 is 20.5 Å². The first-order valence-electron chi connectivity index (χ1n) is 8.12. The third kappa shape index (κ3) is 6.55. The van der Waals surface area contributed by atoms with Crippen LogP contribution in [0.3, 0.4) is 0 Å². The second-order valence-corrected chi connectivity index (χ2v) is 5.63. The fraction of sp³-hybridized carbons (Fsp3) is 0.263. The number of aryl methyl sites for hydroxylation is 1. The molecule has 0 unspecified atom stereocenters. The number of benzene rings is 2. The van der Waals surface area contributed by atoms with Crippen molar-refractivity contribution in [3.05, 3.63) is 59.7 Å². The predicted molar refractivity (Wildman–Crippen MR) is 96.3 cm³/mol. The molecule has 2 amide bonds. The van der Waals surface area contributed by atoms with Gasteiger partial charge in [0.1, 0.15) is 5.75 Å². The minimum Gasteiger partial charge on any atom is -0.494 e. The fourth-order valence-corrected chi connectivity index (χ4v) is 2.12. The molecule has 0 fully saturated rings. The number of hydrogen-bond donors (Lipinski definition) is 3. The molecule has 0 atom stereocenters. The Hall–Kier alpha value is -3.02. The molecule has 0 radical (unpaired) electrons. The van der Waals surface area contributed by atoms with Crippen molar-refractivity contribution in [2.24, 2.45) is 0 Å². The number of carbonyl (C=O) groups is 2. The number of hydrogen-bond acceptors (Lipinski definition) is 3. The Balaban J connectivity index is 1.57. The summed E-state index contributed by atoms with van der Waals surface area (Å²) in [4.78, 5) is 22.5. The summed E-state index contributed by atoms with van der Waals surface area (Å²) in [5, 5.41) is 14.4. The molecule has 6 nitrogen and oxygen atoms in total. The summed E-state index contributed by atoms with van der Waals surface area (Å²) in [5.41, 5.74) is 2.14. The topological polar surface area (TPSA) is 87.7 Å². The van der Waals surface area contributed by atoms with Gasteiger partial charge in [0.05, 0.1) is 12.2 Å². The van der Waals surface area contributed by atoms with Gasteiger partial charge in [-0.25, -0.2) is 9.59 Å². The molecule has 0 bridgehead atoms. The van der Waals surface area contributed by atoms with Gasteiger partial charge in [0.2, 0.25) is 0 Å². The van der Waals surface area contributed by atoms with Crippen LogP contribution in [-0.4, -0.2) is 30.3 Å². The number of urea groups is 1. The number of ether oxygens (including phenoxy) is 1. The van der Waals surface area contributed by atoms with Crippen LogP contribution in [0.5, 0.6) is 5.75 Å². The second kappa shape index (κ2) is 9.32. The molecule has 6 heteroatoms. The Bertz CT molecular complexity index is 696. The standard InChI is InChI=1S/C19H22N2O4/c1-14-4-8-16(9-5-14)21-19(24)20-12-2-3-13-25-17-10-6-15(7-11-17)18(22)23/h4-11H,2-3,12-13H2,1H3,(H,22,23)(H2,20,21,24). The van der Waals surface area contributed by atoms with Crippen molar-refractivity contribution in [2.75, 3.05) is 18.5 Å². The van der Waals surface area contributed by atoms with Crippen LogP contribution in [0.25, 0.3) is 0 Å². The quantitative estimate of drug-likeness (QED) is 0.639. The van der Waals surface area contributed by atoms with E-state index in [1.165, 1.54) is 12.1 Å². The van der Waals surface area contributed by atoms with E-state index >= 15 is 0 Å². The molecule has 0 heterocycles. The van der Waals surface area contributed by atoms with Crippen LogP contribution in [0.15, 0.2) is 48.5 Å². The molecule has 0 saturated heterocycles. The lowest BCUT2D eigenvalue weighted by atomic mass is 10.2. The van der Waals surface area contributed by atoms with Crippen LogP contribution in [0.4, 0.5) is 10.5 Å². The first-order valence-corrected chi connectivity index (χ1v) is 8.12. The van der Waals surface area contributed by atoms with Crippen molar-refractivity contribution in [2.45, 2.75) is 19.8 Å². The molecule has 0 spiro atoms. The zero-order valence-corrected chi connectivity index (χ0v) is 14.1. The molecule has 132 valence electrons. The molecule has 25 heavy (non-hydrogen) atoms. The van der Waals surface area contributed by atoms with E-state index < -0.39 is 5.97 Å². The third-order valence-corrected chi connectivity index (χ3v) is 3.54. The van der Waals surface area contributed by atoms with Crippen LogP contribution in [-0.2, 0) is 0 Å². The van der Waals surface area contributed by atoms with Gasteiger partial charge in [-0.05, 0) is 56.2 Å². The van der Waals surface area contributed by atoms with Gasteiger partial charge in [0, 0.05) is 12.2 Å². The monoisotopic (exact) mass is 342 g/mol. The second-order valence-electron chi connectivity index (χ2n) is 5.63. The minimum atomic E-state index is -0.957. The lowest BCUT2D eigenvalue weighted by Crippen LogP contribution is -2.29. The maximum atomic E-state index is 11.7. The molecular weight excluding hydrogens is 320 g/mol. The van der Waals surface area contributed by atoms with Gasteiger partial charge in [-0.15, -0.1) is 0 Å². The third-order valence-electron chi connectivity index (χ3n) is 3.54. The highest BCUT2D eigenvalue weighted by atomic mass is 16.5. The van der Waals surface area contributed by atoms with Crippen molar-refractivity contribution < 1.29 is 19.4 Å². The summed E-state index contributed by atoms with van der Waals surface area (Å²) in [6.07, 6.45) is 1.57. The number of amides is 2. The van der Waals surface area contributed by atoms with Gasteiger partial charge in [-0.2, -0.15) is 0 Å². The van der Waals surface area contributed by atoms with Gasteiger partial charge in [-0.1, -0.05) is 17.7 Å². The van der Waals surface area contributed by atoms with Crippen molar-refractivity contribution >= 4 is 17.7 Å². The Morgan fingerprint density at radius 2 is 1.68 bits per heavy atom. The molecule has 3 N–H and O–H groups in total. The Labute approximate surface area is 146 Å². The molecule has 2 aromatic carbocycles. The zero-order valence-electron chi connectivity index (χ0n) is 14.1. The largest absolute Gasteiger partial charge is 0.494 e. The minimum absolute atomic E-state index is 0.228. The number of carboxylic acids is 1. The highest BCUT2D eigenvalue weighted by Gasteiger charge is 2.03. The maximum Gasteiger partial charge on any atom is 0.335 e. The SMILES string of the molecule is Cc1ccc(NC(=O)NCCCCOc2ccc(C(=O)O)cc2)cc1. The molecule has 2 aromatic rings. The first-order chi connectivity index (χ1) is 12.0. The van der Waals surface area contributed by atoms with Crippen LogP contribution in [0.2, 0.25) is 0 Å². The lowest BCUT2D eigenvalue weighted by molar-refractivity contribution is 0.0697. The van der Waals surface area contributed by atoms with E-state index in [1.54, 1.807) is 12.1 Å². The van der Waals surface area contributed by atoms with Crippen molar-refractivity contribution in [3.63, 3.8) is 0 Å². The van der Waals surface area contributed by atoms with E-state index in [0.29, 0.717) is 18.9 Å². The summed E-state index contributed by atoms with van der Waals surface area (Å²) in [5.74, 6) is -0.323. The summed E-state index contributed by atoms with van der Waals surface area (Å²) in [7, 11) is 0. The number of unbranched alkanes of at least 4 members (excludes halogenated alkanes) is 1. The summed E-state index contributed by atoms with van der Waals surface area (Å²) >= 11 is 0. The average molecular weight is 342 g/mol. The number of rotatable bonds is 8. The van der Waals surface area contributed by atoms with E-state index in [9.17, 15) is 9.59 Å². The molecule has 0 aromatic heterocycles. The van der Waals surface area contributed by atoms with Gasteiger partial charge in [0.15, 0.2) is 0 Å². The maximum absolute atomic E-state index is 11.7. The molecule has 2 rings (SSSR count). The van der Waals surface area contributed by atoms with E-state index in [0.717, 1.165) is 24.1 Å². The van der Waals surface area contributed by atoms with E-state index in [1.807, 2.05) is 31.2 Å². The predicted octanol–water partition coefficient (Wildman–Crippen LogP) is 3.67. The number of aromatic carboxylic acids is 1. The molecule has 0 aliphatic carbocycles. The summed E-state index contributed by atoms with van der Waals surface area (Å²) in [6, 6.07) is 13.7. The van der Waals surface area contributed by atoms with E-state index in [4.69, 9.17) is 9.84 Å². The van der Waals surface area contributed by atoms with Crippen LogP contribution >= 0.6 is 0 Å². The molecule has 0 aliphatic rings. The first kappa shape index (κ1) is 18.3.